The molecule has 1 atom stereocenters. The van der Waals surface area contributed by atoms with Gasteiger partial charge in [-0.15, -0.1) is 0 Å². The van der Waals surface area contributed by atoms with Gasteiger partial charge in [0.05, 0.1) is 13.2 Å². The Labute approximate surface area is 145 Å². The first-order valence-electron chi connectivity index (χ1n) is 9.21. The Morgan fingerprint density at radius 2 is 2.12 bits per heavy atom. The van der Waals surface area contributed by atoms with Gasteiger partial charge in [0.25, 0.3) is 0 Å². The molecular weight excluding hydrogens is 302 g/mol. The van der Waals surface area contributed by atoms with E-state index < -0.39 is 0 Å². The number of ether oxygens (including phenoxy) is 1. The summed E-state index contributed by atoms with van der Waals surface area (Å²) < 4.78 is 5.36. The summed E-state index contributed by atoms with van der Waals surface area (Å²) >= 11 is 0. The average molecular weight is 331 g/mol. The molecule has 0 aliphatic carbocycles. The first-order valence-corrected chi connectivity index (χ1v) is 9.21. The molecule has 2 aliphatic heterocycles. The quantitative estimate of drug-likeness (QED) is 0.827. The van der Waals surface area contributed by atoms with Crippen molar-refractivity contribution in [3.8, 4) is 0 Å². The fourth-order valence-corrected chi connectivity index (χ4v) is 3.70. The Hall–Kier alpha value is -1.46. The first kappa shape index (κ1) is 17.4. The fraction of sp³-hybridized carbons (Fsp3) is 0.684. The average Bonchev–Trinajstić information content (AvgIpc) is 2.61. The number of carbonyl (C=O) groups is 1. The molecule has 132 valence electrons. The van der Waals surface area contributed by atoms with Crippen LogP contribution in [0.2, 0.25) is 0 Å². The summed E-state index contributed by atoms with van der Waals surface area (Å²) in [4.78, 5) is 21.6. The molecule has 2 aliphatic rings. The number of aryl methyl sites for hydroxylation is 1. The summed E-state index contributed by atoms with van der Waals surface area (Å²) in [6, 6.07) is 6.21. The van der Waals surface area contributed by atoms with Gasteiger partial charge >= 0.3 is 0 Å². The summed E-state index contributed by atoms with van der Waals surface area (Å²) in [5, 5.41) is 0. The van der Waals surface area contributed by atoms with Crippen LogP contribution in [0.5, 0.6) is 0 Å². The minimum atomic E-state index is 0.309. The molecular formula is C19H29N3O2. The van der Waals surface area contributed by atoms with Gasteiger partial charge in [-0.05, 0) is 44.2 Å². The number of amides is 1. The van der Waals surface area contributed by atoms with Gasteiger partial charge in [0, 0.05) is 50.5 Å². The highest BCUT2D eigenvalue weighted by Crippen LogP contribution is 2.21. The fourth-order valence-electron chi connectivity index (χ4n) is 3.70. The van der Waals surface area contributed by atoms with E-state index in [1.54, 1.807) is 0 Å². The minimum Gasteiger partial charge on any atom is -0.379 e. The maximum atomic E-state index is 12.5. The van der Waals surface area contributed by atoms with Crippen molar-refractivity contribution in [1.82, 2.24) is 14.8 Å². The molecule has 0 bridgehead atoms. The smallest absolute Gasteiger partial charge is 0.223 e. The number of pyridine rings is 1. The predicted octanol–water partition coefficient (Wildman–Crippen LogP) is 1.89. The van der Waals surface area contributed by atoms with Gasteiger partial charge in [-0.1, -0.05) is 6.07 Å². The SMILES string of the molecule is Cc1cccc(CC2CCCN(C(=O)CCN3CCOCC3)C2)n1. The van der Waals surface area contributed by atoms with Gasteiger partial charge < -0.3 is 9.64 Å². The number of hydrogen-bond acceptors (Lipinski definition) is 4. The molecule has 24 heavy (non-hydrogen) atoms. The van der Waals surface area contributed by atoms with Crippen LogP contribution in [0.15, 0.2) is 18.2 Å². The zero-order valence-corrected chi connectivity index (χ0v) is 14.7. The van der Waals surface area contributed by atoms with Crippen LogP contribution in [0, 0.1) is 12.8 Å². The van der Waals surface area contributed by atoms with E-state index in [1.807, 2.05) is 13.0 Å². The largest absolute Gasteiger partial charge is 0.379 e. The first-order chi connectivity index (χ1) is 11.7. The molecule has 5 heteroatoms. The lowest BCUT2D eigenvalue weighted by molar-refractivity contribution is -0.133. The Morgan fingerprint density at radius 3 is 2.92 bits per heavy atom. The normalized spacial score (nSPS) is 22.5. The summed E-state index contributed by atoms with van der Waals surface area (Å²) in [7, 11) is 0. The second-order valence-electron chi connectivity index (χ2n) is 7.03. The molecule has 1 unspecified atom stereocenters. The van der Waals surface area contributed by atoms with Crippen molar-refractivity contribution < 1.29 is 9.53 Å². The topological polar surface area (TPSA) is 45.7 Å². The molecule has 2 fully saturated rings. The van der Waals surface area contributed by atoms with E-state index in [1.165, 1.54) is 6.42 Å². The molecule has 1 aromatic rings. The van der Waals surface area contributed by atoms with Crippen molar-refractivity contribution in [2.45, 2.75) is 32.6 Å². The maximum absolute atomic E-state index is 12.5. The predicted molar refractivity (Wildman–Crippen MR) is 93.9 cm³/mol. The molecule has 1 amide bonds. The lowest BCUT2D eigenvalue weighted by Crippen LogP contribution is -2.43. The molecule has 0 radical (unpaired) electrons. The maximum Gasteiger partial charge on any atom is 0.223 e. The van der Waals surface area contributed by atoms with Crippen molar-refractivity contribution in [3.05, 3.63) is 29.6 Å². The Balaban J connectivity index is 1.46. The zero-order chi connectivity index (χ0) is 16.8. The van der Waals surface area contributed by atoms with Gasteiger partial charge in [-0.25, -0.2) is 0 Å². The summed E-state index contributed by atoms with van der Waals surface area (Å²) in [6.45, 7) is 8.20. The van der Waals surface area contributed by atoms with Crippen LogP contribution >= 0.6 is 0 Å². The highest BCUT2D eigenvalue weighted by Gasteiger charge is 2.24. The molecule has 0 N–H and O–H groups in total. The van der Waals surface area contributed by atoms with Crippen LogP contribution in [0.25, 0.3) is 0 Å². The summed E-state index contributed by atoms with van der Waals surface area (Å²) in [6.07, 6.45) is 3.92. The molecule has 5 nitrogen and oxygen atoms in total. The molecule has 0 saturated carbocycles. The number of likely N-dealkylation sites (tertiary alicyclic amines) is 1. The standard InChI is InChI=1S/C19H29N3O2/c1-16-4-2-6-18(20-16)14-17-5-3-8-22(15-17)19(23)7-9-21-10-12-24-13-11-21/h2,4,6,17H,3,5,7-15H2,1H3. The second kappa shape index (κ2) is 8.58. The number of rotatable bonds is 5. The molecule has 2 saturated heterocycles. The monoisotopic (exact) mass is 331 g/mol. The number of hydrogen-bond donors (Lipinski definition) is 0. The van der Waals surface area contributed by atoms with Gasteiger partial charge in [0.15, 0.2) is 0 Å². The second-order valence-corrected chi connectivity index (χ2v) is 7.03. The van der Waals surface area contributed by atoms with Crippen LogP contribution in [0.3, 0.4) is 0 Å². The van der Waals surface area contributed by atoms with Crippen molar-refractivity contribution in [2.75, 3.05) is 45.9 Å². The van der Waals surface area contributed by atoms with Crippen molar-refractivity contribution in [2.24, 2.45) is 5.92 Å². The molecule has 1 aromatic heterocycles. The summed E-state index contributed by atoms with van der Waals surface area (Å²) in [5.41, 5.74) is 2.23. The number of piperidine rings is 1. The zero-order valence-electron chi connectivity index (χ0n) is 14.7. The van der Waals surface area contributed by atoms with Crippen LogP contribution in [-0.4, -0.2) is 66.6 Å². The van der Waals surface area contributed by atoms with E-state index in [0.29, 0.717) is 18.2 Å². The van der Waals surface area contributed by atoms with E-state index in [2.05, 4.69) is 26.9 Å². The van der Waals surface area contributed by atoms with E-state index in [0.717, 1.165) is 70.2 Å². The van der Waals surface area contributed by atoms with Crippen molar-refractivity contribution >= 4 is 5.91 Å². The Morgan fingerprint density at radius 1 is 1.29 bits per heavy atom. The molecule has 3 heterocycles. The molecule has 3 rings (SSSR count). The van der Waals surface area contributed by atoms with Crippen molar-refractivity contribution in [3.63, 3.8) is 0 Å². The number of morpholine rings is 1. The minimum absolute atomic E-state index is 0.309. The van der Waals surface area contributed by atoms with Gasteiger partial charge in [-0.2, -0.15) is 0 Å². The molecule has 0 spiro atoms. The third kappa shape index (κ3) is 5.02. The lowest BCUT2D eigenvalue weighted by atomic mass is 9.93. The number of nitrogens with zero attached hydrogens (tertiary/aromatic N) is 3. The summed E-state index contributed by atoms with van der Waals surface area (Å²) in [5.74, 6) is 0.851. The van der Waals surface area contributed by atoms with Gasteiger partial charge in [-0.3, -0.25) is 14.7 Å². The van der Waals surface area contributed by atoms with Crippen LogP contribution < -0.4 is 0 Å². The number of carbonyl (C=O) groups excluding carboxylic acids is 1. The van der Waals surface area contributed by atoms with Gasteiger partial charge in [0.1, 0.15) is 0 Å². The third-order valence-corrected chi connectivity index (χ3v) is 5.06. The molecule has 0 aromatic carbocycles. The van der Waals surface area contributed by atoms with E-state index in [4.69, 9.17) is 4.74 Å². The van der Waals surface area contributed by atoms with E-state index in [-0.39, 0.29) is 0 Å². The van der Waals surface area contributed by atoms with E-state index in [9.17, 15) is 4.79 Å². The third-order valence-electron chi connectivity index (χ3n) is 5.06. The lowest BCUT2D eigenvalue weighted by Gasteiger charge is -2.34. The van der Waals surface area contributed by atoms with Crippen LogP contribution in [0.4, 0.5) is 0 Å². The van der Waals surface area contributed by atoms with Crippen LogP contribution in [0.1, 0.15) is 30.7 Å². The number of aromatic nitrogens is 1. The van der Waals surface area contributed by atoms with Gasteiger partial charge in [0.2, 0.25) is 5.91 Å². The van der Waals surface area contributed by atoms with Crippen molar-refractivity contribution in [1.29, 1.82) is 0 Å². The highest BCUT2D eigenvalue weighted by molar-refractivity contribution is 5.76. The van der Waals surface area contributed by atoms with E-state index >= 15 is 0 Å². The Bertz CT molecular complexity index is 543. The highest BCUT2D eigenvalue weighted by atomic mass is 16.5. The van der Waals surface area contributed by atoms with Crippen LogP contribution in [-0.2, 0) is 16.0 Å². The Kier molecular flexibility index (Phi) is 6.21.